The number of hydrogen-bond donors (Lipinski definition) is 6. The van der Waals surface area contributed by atoms with Crippen LogP contribution in [0.1, 0.15) is 134 Å². The van der Waals surface area contributed by atoms with Crippen molar-refractivity contribution in [1.29, 1.82) is 0 Å². The highest BCUT2D eigenvalue weighted by molar-refractivity contribution is 5.86. The van der Waals surface area contributed by atoms with Gasteiger partial charge >= 0.3 is 5.97 Å². The molecule has 1 aliphatic heterocycles. The van der Waals surface area contributed by atoms with Crippen LogP contribution >= 0.6 is 0 Å². The quantitative estimate of drug-likeness (QED) is 0.0776. The second-order valence-electron chi connectivity index (χ2n) is 20.1. The first-order chi connectivity index (χ1) is 27.3. The van der Waals surface area contributed by atoms with Gasteiger partial charge in [0.2, 0.25) is 0 Å². The van der Waals surface area contributed by atoms with Gasteiger partial charge in [0.15, 0.2) is 0 Å². The molecule has 5 saturated carbocycles. The molecule has 1 spiro atoms. The SMILES string of the molecule is CCCCC[C@@H]1C[C@]2(C=O)[C@H]3CC[C@@]45CCC#Cc6cccc(CO)c6C[C@@H](NC)[C@H]6C[C@@H](C[C@]4(O)[C@]3(O)C[C@H](CCC(C)C)[C@]2(O)C[C@H]1O)[C@@H]5C1=CC(=O)O[C@H]16. The molecule has 9 heteroatoms. The number of ether oxygens (including phenoxy) is 1. The third kappa shape index (κ3) is 6.00. The maximum Gasteiger partial charge on any atom is 0.331 e. The second-order valence-corrected chi connectivity index (χ2v) is 20.1. The van der Waals surface area contributed by atoms with Crippen LogP contribution in [0.15, 0.2) is 29.8 Å². The molecule has 4 bridgehead atoms. The van der Waals surface area contributed by atoms with Crippen LogP contribution in [0.25, 0.3) is 0 Å². The fourth-order valence-corrected chi connectivity index (χ4v) is 14.8. The summed E-state index contributed by atoms with van der Waals surface area (Å²) in [7, 11) is 1.93. The Hall–Kier alpha value is -2.58. The standard InChI is InChI=1S/C48H67NO8/c1-5-6-7-12-31-23-45(28-51)40-17-19-44-18-9-8-11-30-13-10-14-32(27-50)35(30)21-38(49-4)36-20-33(42(44)37-22-41(53)57-43(36)37)24-48(44,56)47(40,55)25-34(16-15-29(2)3)46(45,54)26-39(31)52/h10,13-14,22,28-29,31,33-34,36,38-40,42-43,49-50,52,54-56H,5-7,9,12,15-21,23-27H2,1-4H3/t31-,33+,34+,36-,38-,39-,40-,42-,43+,44-,45+,46-,47+,48-/m1/s1. The maximum absolute atomic E-state index is 14.1. The van der Waals surface area contributed by atoms with Gasteiger partial charge in [0.05, 0.1) is 29.3 Å². The number of esters is 1. The van der Waals surface area contributed by atoms with Crippen molar-refractivity contribution in [2.75, 3.05) is 7.05 Å². The molecule has 1 aromatic carbocycles. The lowest BCUT2D eigenvalue weighted by Gasteiger charge is -2.71. The lowest BCUT2D eigenvalue weighted by molar-refractivity contribution is -0.338. The Morgan fingerprint density at radius 3 is 2.58 bits per heavy atom. The normalized spacial score (nSPS) is 44.4. The minimum atomic E-state index is -1.71. The number of likely N-dealkylation sites (N-methyl/N-ethyl adjacent to an activating group) is 1. The van der Waals surface area contributed by atoms with Crippen molar-refractivity contribution in [3.63, 3.8) is 0 Å². The van der Waals surface area contributed by atoms with E-state index in [2.05, 4.69) is 37.9 Å². The van der Waals surface area contributed by atoms with Crippen LogP contribution in [0, 0.1) is 64.1 Å². The van der Waals surface area contributed by atoms with Crippen LogP contribution in [-0.2, 0) is 27.4 Å². The van der Waals surface area contributed by atoms with E-state index in [-0.39, 0.29) is 55.1 Å². The minimum Gasteiger partial charge on any atom is -0.454 e. The Labute approximate surface area is 339 Å². The Kier molecular flexibility index (Phi) is 10.9. The van der Waals surface area contributed by atoms with Crippen molar-refractivity contribution in [3.05, 3.63) is 46.5 Å². The Morgan fingerprint density at radius 2 is 1.86 bits per heavy atom. The summed E-state index contributed by atoms with van der Waals surface area (Å²) < 4.78 is 6.23. The Morgan fingerprint density at radius 1 is 1.05 bits per heavy atom. The van der Waals surface area contributed by atoms with Crippen molar-refractivity contribution >= 4 is 12.3 Å². The van der Waals surface area contributed by atoms with E-state index in [1.54, 1.807) is 6.08 Å². The van der Waals surface area contributed by atoms with E-state index in [0.29, 0.717) is 63.7 Å². The Balaban J connectivity index is 1.29. The molecule has 0 aromatic heterocycles. The molecule has 0 unspecified atom stereocenters. The van der Waals surface area contributed by atoms with E-state index >= 15 is 0 Å². The number of benzene rings is 1. The van der Waals surface area contributed by atoms with Gasteiger partial charge in [-0.1, -0.05) is 70.4 Å². The lowest BCUT2D eigenvalue weighted by atomic mass is 9.36. The number of aldehydes is 1. The molecule has 8 rings (SSSR count). The molecule has 312 valence electrons. The summed E-state index contributed by atoms with van der Waals surface area (Å²) in [6.07, 6.45) is 10.4. The number of fused-ring (bicyclic) bond motifs is 8. The third-order valence-corrected chi connectivity index (χ3v) is 17.3. The first-order valence-corrected chi connectivity index (χ1v) is 22.4. The highest BCUT2D eigenvalue weighted by Crippen LogP contribution is 2.76. The van der Waals surface area contributed by atoms with E-state index < -0.39 is 51.7 Å². The van der Waals surface area contributed by atoms with E-state index in [9.17, 15) is 35.1 Å². The number of nitrogens with one attached hydrogen (secondary N) is 1. The maximum atomic E-state index is 14.1. The molecule has 0 amide bonds. The van der Waals surface area contributed by atoms with Crippen LogP contribution in [0.2, 0.25) is 0 Å². The van der Waals surface area contributed by atoms with Crippen LogP contribution in [0.4, 0.5) is 0 Å². The first kappa shape index (κ1) is 41.2. The topological polar surface area (TPSA) is 157 Å². The van der Waals surface area contributed by atoms with E-state index in [1.165, 1.54) is 0 Å². The monoisotopic (exact) mass is 785 g/mol. The highest BCUT2D eigenvalue weighted by Gasteiger charge is 2.82. The molecule has 9 nitrogen and oxygen atoms in total. The largest absolute Gasteiger partial charge is 0.454 e. The molecule has 6 aliphatic carbocycles. The number of aliphatic hydroxyl groups is 5. The molecule has 1 heterocycles. The number of aliphatic hydroxyl groups excluding tert-OH is 2. The summed E-state index contributed by atoms with van der Waals surface area (Å²) in [6.45, 7) is 6.32. The van der Waals surface area contributed by atoms with Crippen LogP contribution in [0.5, 0.6) is 0 Å². The molecule has 14 atom stereocenters. The molecular weight excluding hydrogens is 719 g/mol. The molecule has 57 heavy (non-hydrogen) atoms. The molecule has 6 N–H and O–H groups in total. The second kappa shape index (κ2) is 15.2. The van der Waals surface area contributed by atoms with E-state index in [1.807, 2.05) is 25.2 Å². The van der Waals surface area contributed by atoms with E-state index in [0.717, 1.165) is 60.7 Å². The molecule has 5 fully saturated rings. The zero-order valence-electron chi connectivity index (χ0n) is 34.6. The number of rotatable bonds is 10. The van der Waals surface area contributed by atoms with Gasteiger partial charge in [0.1, 0.15) is 18.0 Å². The average molecular weight is 786 g/mol. The molecule has 1 aromatic rings. The zero-order valence-corrected chi connectivity index (χ0v) is 34.6. The number of carbonyl (C=O) groups excluding carboxylic acids is 2. The summed E-state index contributed by atoms with van der Waals surface area (Å²) in [4.78, 5) is 27.5. The molecule has 0 saturated heterocycles. The van der Waals surface area contributed by atoms with E-state index in [4.69, 9.17) is 4.74 Å². The van der Waals surface area contributed by atoms with Crippen molar-refractivity contribution in [2.24, 2.45) is 52.3 Å². The molecular formula is C48H67NO8. The highest BCUT2D eigenvalue weighted by atomic mass is 16.5. The number of hydrogen-bond acceptors (Lipinski definition) is 9. The van der Waals surface area contributed by atoms with Crippen molar-refractivity contribution in [2.45, 2.75) is 165 Å². The minimum absolute atomic E-state index is 0.0750. The summed E-state index contributed by atoms with van der Waals surface area (Å²) in [6, 6.07) is 5.73. The number of carbonyl (C=O) groups is 2. The molecule has 7 aliphatic rings. The van der Waals surface area contributed by atoms with Gasteiger partial charge in [-0.3, -0.25) is 0 Å². The van der Waals surface area contributed by atoms with Crippen LogP contribution in [-0.4, -0.2) is 79.9 Å². The predicted molar refractivity (Wildman–Crippen MR) is 216 cm³/mol. The van der Waals surface area contributed by atoms with Crippen molar-refractivity contribution in [3.8, 4) is 11.8 Å². The van der Waals surface area contributed by atoms with Gasteiger partial charge in [-0.15, -0.1) is 0 Å². The fourth-order valence-electron chi connectivity index (χ4n) is 14.8. The summed E-state index contributed by atoms with van der Waals surface area (Å²) in [5.41, 5.74) is -3.49. The van der Waals surface area contributed by atoms with Gasteiger partial charge < -0.3 is 40.4 Å². The predicted octanol–water partition coefficient (Wildman–Crippen LogP) is 5.54. The zero-order chi connectivity index (χ0) is 40.5. The van der Waals surface area contributed by atoms with Gasteiger partial charge in [-0.05, 0) is 124 Å². The van der Waals surface area contributed by atoms with Crippen molar-refractivity contribution in [1.82, 2.24) is 5.32 Å². The molecule has 0 radical (unpaired) electrons. The number of unbranched alkanes of at least 4 members (excludes halogenated alkanes) is 2. The lowest BCUT2D eigenvalue weighted by Crippen LogP contribution is -2.80. The van der Waals surface area contributed by atoms with Gasteiger partial charge in [0, 0.05) is 47.8 Å². The summed E-state index contributed by atoms with van der Waals surface area (Å²) in [5, 5.41) is 66.7. The van der Waals surface area contributed by atoms with Crippen molar-refractivity contribution < 1.29 is 39.9 Å². The van der Waals surface area contributed by atoms with Crippen LogP contribution < -0.4 is 5.32 Å². The smallest absolute Gasteiger partial charge is 0.331 e. The Bertz CT molecular complexity index is 1820. The van der Waals surface area contributed by atoms with Gasteiger partial charge in [-0.2, -0.15) is 0 Å². The first-order valence-electron chi connectivity index (χ1n) is 22.4. The average Bonchev–Trinajstić information content (AvgIpc) is 3.69. The third-order valence-electron chi connectivity index (χ3n) is 17.3. The summed E-state index contributed by atoms with van der Waals surface area (Å²) >= 11 is 0. The van der Waals surface area contributed by atoms with Gasteiger partial charge in [-0.25, -0.2) is 4.79 Å². The summed E-state index contributed by atoms with van der Waals surface area (Å²) in [5.74, 6) is 5.02. The van der Waals surface area contributed by atoms with Crippen LogP contribution in [0.3, 0.4) is 0 Å². The fraction of sp³-hybridized carbons (Fsp3) is 0.750. The van der Waals surface area contributed by atoms with Gasteiger partial charge in [0.25, 0.3) is 0 Å².